The maximum Gasteiger partial charge on any atom is 0.270 e. The Bertz CT molecular complexity index is 1420. The second kappa shape index (κ2) is 11.8. The summed E-state index contributed by atoms with van der Waals surface area (Å²) < 4.78 is 0. The molecule has 2 N–H and O–H groups in total. The molecule has 0 bridgehead atoms. The second-order valence-corrected chi connectivity index (χ2v) is 11.4. The van der Waals surface area contributed by atoms with Crippen LogP contribution in [0.15, 0.2) is 77.6 Å². The van der Waals surface area contributed by atoms with E-state index < -0.39 is 5.60 Å². The lowest BCUT2D eigenvalue weighted by molar-refractivity contribution is 0.00275. The summed E-state index contributed by atoms with van der Waals surface area (Å²) in [4.78, 5) is 19.8. The first-order valence-electron chi connectivity index (χ1n) is 14.0. The fourth-order valence-corrected chi connectivity index (χ4v) is 6.25. The van der Waals surface area contributed by atoms with E-state index in [1.165, 1.54) is 17.5 Å². The van der Waals surface area contributed by atoms with Gasteiger partial charge in [-0.2, -0.15) is 0 Å². The second-order valence-electron chi connectivity index (χ2n) is 11.0. The normalized spacial score (nSPS) is 21.1. The summed E-state index contributed by atoms with van der Waals surface area (Å²) in [6.07, 6.45) is 8.56. The standard InChI is InChI=1S/C33H37ClN2O2/c1-2-29-32(37)36-30-16-11-24(22-31(30)35-29)21-26(25-12-14-28(34)15-13-25)20-23-8-6-7-18-33(38,19-17-23)27-9-4-3-5-10-27/h3-5,9-16,22-23,26,38H,2,6-8,17-21H2,1H3,(H,36,37). The molecule has 3 atom stereocenters. The number of fused-ring (bicyclic) bond motifs is 1. The zero-order valence-corrected chi connectivity index (χ0v) is 22.9. The molecule has 1 aromatic heterocycles. The predicted molar refractivity (Wildman–Crippen MR) is 156 cm³/mol. The summed E-state index contributed by atoms with van der Waals surface area (Å²) in [7, 11) is 0. The van der Waals surface area contributed by atoms with Gasteiger partial charge in [0.15, 0.2) is 0 Å². The first kappa shape index (κ1) is 26.6. The molecule has 38 heavy (non-hydrogen) atoms. The van der Waals surface area contributed by atoms with Crippen LogP contribution < -0.4 is 5.56 Å². The van der Waals surface area contributed by atoms with Crippen LogP contribution >= 0.6 is 11.6 Å². The van der Waals surface area contributed by atoms with Gasteiger partial charge in [-0.05, 0) is 91.3 Å². The Morgan fingerprint density at radius 2 is 1.82 bits per heavy atom. The molecular weight excluding hydrogens is 492 g/mol. The number of H-pyrrole nitrogens is 1. The Morgan fingerprint density at radius 1 is 1.03 bits per heavy atom. The van der Waals surface area contributed by atoms with Crippen molar-refractivity contribution in [2.75, 3.05) is 0 Å². The number of hydrogen-bond donors (Lipinski definition) is 2. The first-order chi connectivity index (χ1) is 18.4. The summed E-state index contributed by atoms with van der Waals surface area (Å²) >= 11 is 6.24. The molecule has 3 unspecified atom stereocenters. The summed E-state index contributed by atoms with van der Waals surface area (Å²) in [6.45, 7) is 1.96. The van der Waals surface area contributed by atoms with Crippen LogP contribution in [0.2, 0.25) is 5.02 Å². The number of hydrogen-bond acceptors (Lipinski definition) is 3. The van der Waals surface area contributed by atoms with Gasteiger partial charge in [-0.3, -0.25) is 4.79 Å². The Balaban J connectivity index is 1.39. The molecule has 5 rings (SSSR count). The third-order valence-corrected chi connectivity index (χ3v) is 8.59. The van der Waals surface area contributed by atoms with E-state index in [1.807, 2.05) is 43.3 Å². The number of aromatic nitrogens is 2. The maximum atomic E-state index is 12.2. The molecule has 0 radical (unpaired) electrons. The largest absolute Gasteiger partial charge is 0.385 e. The van der Waals surface area contributed by atoms with Crippen LogP contribution in [0.1, 0.15) is 80.2 Å². The Morgan fingerprint density at radius 3 is 2.58 bits per heavy atom. The van der Waals surface area contributed by atoms with E-state index in [1.54, 1.807) is 0 Å². The molecule has 1 heterocycles. The number of aromatic amines is 1. The highest BCUT2D eigenvalue weighted by Gasteiger charge is 2.32. The van der Waals surface area contributed by atoms with Gasteiger partial charge in [0.1, 0.15) is 5.69 Å². The summed E-state index contributed by atoms with van der Waals surface area (Å²) in [6, 6.07) is 24.7. The van der Waals surface area contributed by atoms with Crippen molar-refractivity contribution >= 4 is 22.6 Å². The van der Waals surface area contributed by atoms with Crippen molar-refractivity contribution < 1.29 is 5.11 Å². The predicted octanol–water partition coefficient (Wildman–Crippen LogP) is 7.71. The molecule has 1 saturated carbocycles. The number of aryl methyl sites for hydroxylation is 1. The topological polar surface area (TPSA) is 66.0 Å². The Labute approximate surface area is 230 Å². The molecule has 1 aliphatic carbocycles. The Kier molecular flexibility index (Phi) is 8.30. The molecule has 198 valence electrons. The Hall–Kier alpha value is -2.95. The van der Waals surface area contributed by atoms with Gasteiger partial charge in [0.2, 0.25) is 0 Å². The van der Waals surface area contributed by atoms with Crippen LogP contribution in [-0.4, -0.2) is 15.1 Å². The van der Waals surface area contributed by atoms with Gasteiger partial charge in [0, 0.05) is 5.02 Å². The van der Waals surface area contributed by atoms with E-state index in [4.69, 9.17) is 11.6 Å². The molecular formula is C33H37ClN2O2. The molecule has 0 spiro atoms. The first-order valence-corrected chi connectivity index (χ1v) is 14.4. The fraction of sp³-hybridized carbons (Fsp3) is 0.394. The minimum atomic E-state index is -0.742. The zero-order chi connectivity index (χ0) is 26.5. The van der Waals surface area contributed by atoms with Gasteiger partial charge in [-0.15, -0.1) is 0 Å². The number of rotatable bonds is 7. The average molecular weight is 529 g/mol. The highest BCUT2D eigenvalue weighted by atomic mass is 35.5. The average Bonchev–Trinajstić information content (AvgIpc) is 2.93. The summed E-state index contributed by atoms with van der Waals surface area (Å²) in [5.74, 6) is 0.861. The molecule has 0 saturated heterocycles. The van der Waals surface area contributed by atoms with Crippen LogP contribution in [0, 0.1) is 5.92 Å². The van der Waals surface area contributed by atoms with E-state index in [0.29, 0.717) is 24.0 Å². The number of halogens is 1. The van der Waals surface area contributed by atoms with E-state index in [9.17, 15) is 9.90 Å². The monoisotopic (exact) mass is 528 g/mol. The summed E-state index contributed by atoms with van der Waals surface area (Å²) in [5.41, 5.74) is 4.89. The molecule has 4 nitrogen and oxygen atoms in total. The van der Waals surface area contributed by atoms with Crippen molar-refractivity contribution in [1.82, 2.24) is 9.97 Å². The highest BCUT2D eigenvalue weighted by Crippen LogP contribution is 2.40. The number of aliphatic hydroxyl groups is 1. The minimum Gasteiger partial charge on any atom is -0.385 e. The number of benzene rings is 3. The van der Waals surface area contributed by atoms with Crippen molar-refractivity contribution in [1.29, 1.82) is 0 Å². The lowest BCUT2D eigenvalue weighted by Crippen LogP contribution is -2.28. The van der Waals surface area contributed by atoms with Gasteiger partial charge in [-0.1, -0.05) is 86.3 Å². The lowest BCUT2D eigenvalue weighted by atomic mass is 9.75. The molecule has 3 aromatic carbocycles. The van der Waals surface area contributed by atoms with Crippen LogP contribution in [-0.2, 0) is 18.4 Å². The van der Waals surface area contributed by atoms with E-state index >= 15 is 0 Å². The van der Waals surface area contributed by atoms with Crippen molar-refractivity contribution in [3.05, 3.63) is 111 Å². The third kappa shape index (κ3) is 6.19. The SMILES string of the molecule is CCc1nc2cc(CC(CC3CCCCC(O)(c4ccccc4)CC3)c3ccc(Cl)cc3)ccc2[nH]c1=O. The van der Waals surface area contributed by atoms with Gasteiger partial charge < -0.3 is 10.1 Å². The van der Waals surface area contributed by atoms with Crippen LogP contribution in [0.3, 0.4) is 0 Å². The fourth-order valence-electron chi connectivity index (χ4n) is 6.13. The highest BCUT2D eigenvalue weighted by molar-refractivity contribution is 6.30. The maximum absolute atomic E-state index is 12.2. The van der Waals surface area contributed by atoms with Gasteiger partial charge in [-0.25, -0.2) is 4.98 Å². The molecule has 0 aliphatic heterocycles. The molecule has 5 heteroatoms. The van der Waals surface area contributed by atoms with Crippen molar-refractivity contribution in [3.63, 3.8) is 0 Å². The smallest absolute Gasteiger partial charge is 0.270 e. The molecule has 1 fully saturated rings. The van der Waals surface area contributed by atoms with Crippen molar-refractivity contribution in [2.45, 2.75) is 76.2 Å². The quantitative estimate of drug-likeness (QED) is 0.258. The molecule has 0 amide bonds. The van der Waals surface area contributed by atoms with E-state index in [2.05, 4.69) is 46.4 Å². The van der Waals surface area contributed by atoms with Gasteiger partial charge >= 0.3 is 0 Å². The van der Waals surface area contributed by atoms with E-state index in [0.717, 1.165) is 66.6 Å². The van der Waals surface area contributed by atoms with E-state index in [-0.39, 0.29) is 5.56 Å². The van der Waals surface area contributed by atoms with Crippen LogP contribution in [0.25, 0.3) is 11.0 Å². The van der Waals surface area contributed by atoms with Crippen LogP contribution in [0.4, 0.5) is 0 Å². The minimum absolute atomic E-state index is 0.105. The number of nitrogens with zero attached hydrogens (tertiary/aromatic N) is 1. The van der Waals surface area contributed by atoms with Gasteiger partial charge in [0.05, 0.1) is 16.6 Å². The lowest BCUT2D eigenvalue weighted by Gasteiger charge is -2.34. The third-order valence-electron chi connectivity index (χ3n) is 8.33. The molecule has 1 aliphatic rings. The van der Waals surface area contributed by atoms with Crippen molar-refractivity contribution in [2.24, 2.45) is 5.92 Å². The summed E-state index contributed by atoms with van der Waals surface area (Å²) in [5, 5.41) is 12.3. The zero-order valence-electron chi connectivity index (χ0n) is 22.1. The molecule has 4 aromatic rings. The van der Waals surface area contributed by atoms with Gasteiger partial charge in [0.25, 0.3) is 5.56 Å². The van der Waals surface area contributed by atoms with Crippen molar-refractivity contribution in [3.8, 4) is 0 Å². The van der Waals surface area contributed by atoms with Crippen LogP contribution in [0.5, 0.6) is 0 Å². The number of nitrogens with one attached hydrogen (secondary N) is 1.